The van der Waals surface area contributed by atoms with Crippen molar-refractivity contribution in [2.45, 2.75) is 25.9 Å². The summed E-state index contributed by atoms with van der Waals surface area (Å²) >= 11 is 0. The maximum atomic E-state index is 12.8. The summed E-state index contributed by atoms with van der Waals surface area (Å²) in [6.07, 6.45) is -5.02. The minimum atomic E-state index is -5.16. The lowest BCUT2D eigenvalue weighted by atomic mass is 10.3. The van der Waals surface area contributed by atoms with Crippen LogP contribution in [0.1, 0.15) is 6.92 Å². The highest BCUT2D eigenvalue weighted by atomic mass is 19.4. The van der Waals surface area contributed by atoms with Gasteiger partial charge in [-0.15, -0.1) is 5.92 Å². The molecule has 172 valence electrons. The first-order chi connectivity index (χ1) is 15.2. The first-order valence-corrected chi connectivity index (χ1v) is 9.54. The van der Waals surface area contributed by atoms with E-state index >= 15 is 0 Å². The van der Waals surface area contributed by atoms with Crippen molar-refractivity contribution in [3.8, 4) is 17.9 Å². The molecule has 0 radical (unpaired) electrons. The lowest BCUT2D eigenvalue weighted by molar-refractivity contribution is -0.205. The normalized spacial score (nSPS) is 16.4. The number of alkyl halides is 3. The molecule has 0 aliphatic carbocycles. The molecule has 0 aromatic carbocycles. The van der Waals surface area contributed by atoms with Crippen molar-refractivity contribution < 1.29 is 27.4 Å². The molecule has 0 amide bonds. The highest BCUT2D eigenvalue weighted by Gasteiger charge is 2.44. The van der Waals surface area contributed by atoms with Gasteiger partial charge in [0.15, 0.2) is 17.7 Å². The van der Waals surface area contributed by atoms with Gasteiger partial charge in [-0.2, -0.15) is 23.1 Å². The molecule has 3 rings (SSSR count). The molecule has 3 heterocycles. The molecule has 13 heteroatoms. The molecule has 0 bridgehead atoms. The molecular formula is C19H21F3N6O4. The van der Waals surface area contributed by atoms with Crippen molar-refractivity contribution in [1.29, 1.82) is 0 Å². The highest BCUT2D eigenvalue weighted by molar-refractivity contribution is 5.85. The van der Waals surface area contributed by atoms with Crippen LogP contribution >= 0.6 is 0 Å². The zero-order valence-electron chi connectivity index (χ0n) is 17.4. The standard InChI is InChI=1S/C19H21F3N6O4/c1-4-6-8-28-13-14(26(3)18(28)30)24-17(31-10-5-2)25-15(13)27-9-7-23-11-12(27)32-16(29)19(20,21)22/h5,12,23H,2,7-11H2,1,3H3. The van der Waals surface area contributed by atoms with E-state index in [1.54, 1.807) is 6.92 Å². The summed E-state index contributed by atoms with van der Waals surface area (Å²) in [7, 11) is 1.49. The van der Waals surface area contributed by atoms with Crippen LogP contribution in [-0.2, 0) is 23.1 Å². The summed E-state index contributed by atoms with van der Waals surface area (Å²) in [4.78, 5) is 34.3. The number of halogens is 3. The second kappa shape index (κ2) is 9.31. The van der Waals surface area contributed by atoms with E-state index in [1.807, 2.05) is 0 Å². The lowest BCUT2D eigenvalue weighted by Gasteiger charge is -2.36. The molecule has 10 nitrogen and oxygen atoms in total. The Morgan fingerprint density at radius 3 is 2.81 bits per heavy atom. The molecule has 1 aliphatic rings. The Kier molecular flexibility index (Phi) is 6.73. The Bertz CT molecular complexity index is 1140. The third-order valence-electron chi connectivity index (χ3n) is 4.62. The minimum absolute atomic E-state index is 0.00892. The van der Waals surface area contributed by atoms with Gasteiger partial charge in [0, 0.05) is 20.1 Å². The molecule has 1 unspecified atom stereocenters. The second-order valence-electron chi connectivity index (χ2n) is 6.71. The quantitative estimate of drug-likeness (QED) is 0.384. The van der Waals surface area contributed by atoms with Crippen molar-refractivity contribution >= 4 is 23.0 Å². The van der Waals surface area contributed by atoms with Crippen molar-refractivity contribution in [2.75, 3.05) is 31.1 Å². The number of rotatable bonds is 6. The van der Waals surface area contributed by atoms with Crippen LogP contribution in [0.25, 0.3) is 11.2 Å². The average Bonchev–Trinajstić information content (AvgIpc) is 3.00. The number of fused-ring (bicyclic) bond motifs is 1. The van der Waals surface area contributed by atoms with E-state index in [2.05, 4.69) is 33.7 Å². The maximum absolute atomic E-state index is 12.8. The number of hydrogen-bond donors (Lipinski definition) is 1. The molecule has 0 saturated carbocycles. The van der Waals surface area contributed by atoms with Crippen LogP contribution in [0.5, 0.6) is 6.01 Å². The van der Waals surface area contributed by atoms with Gasteiger partial charge in [0.2, 0.25) is 0 Å². The fourth-order valence-corrected chi connectivity index (χ4v) is 3.17. The summed E-state index contributed by atoms with van der Waals surface area (Å²) in [6, 6.07) is -0.110. The largest absolute Gasteiger partial charge is 0.491 e. The topological polar surface area (TPSA) is 104 Å². The first kappa shape index (κ1) is 23.1. The molecular weight excluding hydrogens is 433 g/mol. The number of imidazole rings is 1. The Balaban J connectivity index is 2.19. The molecule has 1 N–H and O–H groups in total. The SMILES string of the molecule is C=CCOc1nc(N2CCNCC2OC(=O)C(F)(F)F)c2c(n1)n(C)c(=O)n2CC#CC. The van der Waals surface area contributed by atoms with E-state index in [1.165, 1.54) is 27.2 Å². The zero-order chi connectivity index (χ0) is 23.5. The van der Waals surface area contributed by atoms with E-state index in [0.29, 0.717) is 6.54 Å². The number of nitrogens with zero attached hydrogens (tertiary/aromatic N) is 5. The number of esters is 1. The number of carbonyl (C=O) groups excluding carboxylic acids is 1. The predicted molar refractivity (Wildman–Crippen MR) is 108 cm³/mol. The maximum Gasteiger partial charge on any atom is 0.491 e. The van der Waals surface area contributed by atoms with Gasteiger partial charge in [-0.1, -0.05) is 18.6 Å². The number of carbonyl (C=O) groups is 1. The average molecular weight is 454 g/mol. The van der Waals surface area contributed by atoms with Crippen molar-refractivity contribution in [3.05, 3.63) is 23.1 Å². The highest BCUT2D eigenvalue weighted by Crippen LogP contribution is 2.29. The molecule has 2 aromatic heterocycles. The van der Waals surface area contributed by atoms with Gasteiger partial charge in [-0.25, -0.2) is 9.59 Å². The second-order valence-corrected chi connectivity index (χ2v) is 6.71. The summed E-state index contributed by atoms with van der Waals surface area (Å²) in [6.45, 7) is 5.67. The van der Waals surface area contributed by atoms with Gasteiger partial charge in [-0.05, 0) is 6.92 Å². The summed E-state index contributed by atoms with van der Waals surface area (Å²) in [5.41, 5.74) is -0.0179. The summed E-state index contributed by atoms with van der Waals surface area (Å²) in [5.74, 6) is 3.24. The van der Waals surface area contributed by atoms with E-state index in [4.69, 9.17) is 9.47 Å². The van der Waals surface area contributed by atoms with Gasteiger partial charge in [0.1, 0.15) is 12.1 Å². The van der Waals surface area contributed by atoms with Crippen LogP contribution in [0.2, 0.25) is 0 Å². The summed E-state index contributed by atoms with van der Waals surface area (Å²) in [5, 5.41) is 2.88. The van der Waals surface area contributed by atoms with Crippen LogP contribution in [-0.4, -0.2) is 63.7 Å². The first-order valence-electron chi connectivity index (χ1n) is 9.54. The Morgan fingerprint density at radius 1 is 1.41 bits per heavy atom. The van der Waals surface area contributed by atoms with Crippen LogP contribution in [0.3, 0.4) is 0 Å². The molecule has 2 aromatic rings. The molecule has 1 atom stereocenters. The van der Waals surface area contributed by atoms with Gasteiger partial charge < -0.3 is 19.7 Å². The number of aromatic nitrogens is 4. The van der Waals surface area contributed by atoms with Gasteiger partial charge in [0.25, 0.3) is 0 Å². The Hall–Kier alpha value is -3.53. The van der Waals surface area contributed by atoms with Crippen LogP contribution < -0.4 is 20.6 Å². The number of ether oxygens (including phenoxy) is 2. The van der Waals surface area contributed by atoms with Gasteiger partial charge >= 0.3 is 23.8 Å². The Morgan fingerprint density at radius 2 is 2.16 bits per heavy atom. The molecule has 1 aliphatic heterocycles. The predicted octanol–water partition coefficient (Wildman–Crippen LogP) is 0.559. The molecule has 1 saturated heterocycles. The number of anilines is 1. The van der Waals surface area contributed by atoms with E-state index in [9.17, 15) is 22.8 Å². The molecule has 32 heavy (non-hydrogen) atoms. The third kappa shape index (κ3) is 4.54. The van der Waals surface area contributed by atoms with Crippen LogP contribution in [0.4, 0.5) is 19.0 Å². The van der Waals surface area contributed by atoms with E-state index in [0.717, 1.165) is 0 Å². The number of hydrogen-bond acceptors (Lipinski definition) is 8. The summed E-state index contributed by atoms with van der Waals surface area (Å²) < 4.78 is 51.2. The molecule has 1 fully saturated rings. The lowest BCUT2D eigenvalue weighted by Crippen LogP contribution is -2.54. The number of aryl methyl sites for hydroxylation is 1. The van der Waals surface area contributed by atoms with Crippen molar-refractivity contribution in [2.24, 2.45) is 7.05 Å². The van der Waals surface area contributed by atoms with Gasteiger partial charge in [-0.3, -0.25) is 9.13 Å². The van der Waals surface area contributed by atoms with E-state index < -0.39 is 24.1 Å². The fraction of sp³-hybridized carbons (Fsp3) is 0.474. The van der Waals surface area contributed by atoms with Crippen molar-refractivity contribution in [1.82, 2.24) is 24.4 Å². The number of nitrogens with one attached hydrogen (secondary N) is 1. The van der Waals surface area contributed by atoms with Crippen LogP contribution in [0.15, 0.2) is 17.4 Å². The van der Waals surface area contributed by atoms with Gasteiger partial charge in [0.05, 0.1) is 13.1 Å². The monoisotopic (exact) mass is 454 g/mol. The van der Waals surface area contributed by atoms with E-state index in [-0.39, 0.29) is 49.2 Å². The minimum Gasteiger partial charge on any atom is -0.459 e. The zero-order valence-corrected chi connectivity index (χ0v) is 17.4. The Labute approximate surface area is 180 Å². The fourth-order valence-electron chi connectivity index (χ4n) is 3.17. The number of piperazine rings is 1. The third-order valence-corrected chi connectivity index (χ3v) is 4.62. The smallest absolute Gasteiger partial charge is 0.459 e. The van der Waals surface area contributed by atoms with Crippen LogP contribution in [0, 0.1) is 11.8 Å². The molecule has 0 spiro atoms. The van der Waals surface area contributed by atoms with Crippen molar-refractivity contribution in [3.63, 3.8) is 0 Å².